The zero-order chi connectivity index (χ0) is 15.7. The van der Waals surface area contributed by atoms with Crippen molar-refractivity contribution in [3.8, 4) is 5.75 Å². The average Bonchev–Trinajstić information content (AvgIpc) is 3.11. The second-order valence-electron chi connectivity index (χ2n) is 5.81. The molecule has 0 spiro atoms. The van der Waals surface area contributed by atoms with E-state index in [1.54, 1.807) is 0 Å². The molecule has 0 radical (unpaired) electrons. The molecule has 0 saturated heterocycles. The number of rotatable bonds is 4. The van der Waals surface area contributed by atoms with Gasteiger partial charge < -0.3 is 10.1 Å². The average molecular weight is 299 g/mol. The summed E-state index contributed by atoms with van der Waals surface area (Å²) < 4.78 is 5.78. The molecule has 1 aliphatic heterocycles. The maximum absolute atomic E-state index is 12.3. The molecule has 1 atom stereocenters. The van der Waals surface area contributed by atoms with Gasteiger partial charge in [0.2, 0.25) is 0 Å². The first-order valence-electron chi connectivity index (χ1n) is 7.64. The van der Waals surface area contributed by atoms with Crippen molar-refractivity contribution in [1.82, 2.24) is 15.5 Å². The quantitative estimate of drug-likeness (QED) is 0.909. The monoisotopic (exact) mass is 299 g/mol. The molecule has 1 aliphatic rings. The van der Waals surface area contributed by atoms with Crippen LogP contribution in [0.1, 0.15) is 35.0 Å². The third-order valence-electron chi connectivity index (χ3n) is 4.14. The summed E-state index contributed by atoms with van der Waals surface area (Å²) in [5.74, 6) is 0.747. The number of amides is 1. The van der Waals surface area contributed by atoms with Gasteiger partial charge >= 0.3 is 0 Å². The first-order valence-corrected chi connectivity index (χ1v) is 7.64. The summed E-state index contributed by atoms with van der Waals surface area (Å²) in [6, 6.07) is 6.10. The maximum Gasteiger partial charge on any atom is 0.261 e. The number of benzene rings is 1. The Bertz CT molecular complexity index is 675. The highest BCUT2D eigenvalue weighted by Crippen LogP contribution is 2.31. The predicted molar refractivity (Wildman–Crippen MR) is 83.8 cm³/mol. The number of ether oxygens (including phenoxy) is 1. The molecule has 5 nitrogen and oxygen atoms in total. The van der Waals surface area contributed by atoms with Crippen LogP contribution >= 0.6 is 0 Å². The highest BCUT2D eigenvalue weighted by Gasteiger charge is 2.29. The molecule has 2 heterocycles. The van der Waals surface area contributed by atoms with Crippen LogP contribution < -0.4 is 10.1 Å². The molecule has 5 heteroatoms. The van der Waals surface area contributed by atoms with Gasteiger partial charge in [0.25, 0.3) is 5.91 Å². The standard InChI is InChI=1S/C17H21N3O2/c1-4-13-8-14(20-19-13)9-18-17(21)16-7-12-5-10(2)11(3)6-15(12)22-16/h5-6,8,16H,4,7,9H2,1-3H3,(H,18,21)(H,19,20)/t16-/m0/s1. The van der Waals surface area contributed by atoms with Gasteiger partial charge in [-0.3, -0.25) is 9.89 Å². The van der Waals surface area contributed by atoms with E-state index in [9.17, 15) is 4.79 Å². The largest absolute Gasteiger partial charge is 0.480 e. The Morgan fingerprint density at radius 2 is 2.14 bits per heavy atom. The lowest BCUT2D eigenvalue weighted by atomic mass is 10.0. The Balaban J connectivity index is 1.60. The molecule has 1 aromatic carbocycles. The summed E-state index contributed by atoms with van der Waals surface area (Å²) in [6.45, 7) is 6.62. The summed E-state index contributed by atoms with van der Waals surface area (Å²) in [7, 11) is 0. The van der Waals surface area contributed by atoms with E-state index < -0.39 is 6.10 Å². The van der Waals surface area contributed by atoms with Crippen LogP contribution in [-0.2, 0) is 24.2 Å². The van der Waals surface area contributed by atoms with Crippen molar-refractivity contribution in [2.24, 2.45) is 0 Å². The minimum Gasteiger partial charge on any atom is -0.480 e. The van der Waals surface area contributed by atoms with Gasteiger partial charge in [0.15, 0.2) is 6.10 Å². The van der Waals surface area contributed by atoms with E-state index >= 15 is 0 Å². The number of carbonyl (C=O) groups excluding carboxylic acids is 1. The highest BCUT2D eigenvalue weighted by atomic mass is 16.5. The van der Waals surface area contributed by atoms with Crippen LogP contribution in [0.3, 0.4) is 0 Å². The van der Waals surface area contributed by atoms with Crippen LogP contribution in [-0.4, -0.2) is 22.2 Å². The molecule has 0 bridgehead atoms. The summed E-state index contributed by atoms with van der Waals surface area (Å²) in [5.41, 5.74) is 5.43. The highest BCUT2D eigenvalue weighted by molar-refractivity contribution is 5.82. The van der Waals surface area contributed by atoms with Gasteiger partial charge in [-0.2, -0.15) is 5.10 Å². The lowest BCUT2D eigenvalue weighted by Crippen LogP contribution is -2.37. The summed E-state index contributed by atoms with van der Waals surface area (Å²) >= 11 is 0. The Morgan fingerprint density at radius 1 is 1.36 bits per heavy atom. The molecule has 22 heavy (non-hydrogen) atoms. The molecular weight excluding hydrogens is 278 g/mol. The van der Waals surface area contributed by atoms with Crippen molar-refractivity contribution in [1.29, 1.82) is 0 Å². The van der Waals surface area contributed by atoms with Crippen molar-refractivity contribution in [3.05, 3.63) is 46.3 Å². The van der Waals surface area contributed by atoms with Gasteiger partial charge in [0.1, 0.15) is 5.75 Å². The van der Waals surface area contributed by atoms with E-state index in [2.05, 4.69) is 35.4 Å². The number of nitrogens with zero attached hydrogens (tertiary/aromatic N) is 1. The van der Waals surface area contributed by atoms with Gasteiger partial charge in [-0.15, -0.1) is 0 Å². The van der Waals surface area contributed by atoms with E-state index in [-0.39, 0.29) is 5.91 Å². The van der Waals surface area contributed by atoms with Gasteiger partial charge in [-0.25, -0.2) is 0 Å². The number of fused-ring (bicyclic) bond motifs is 1. The second-order valence-corrected chi connectivity index (χ2v) is 5.81. The number of aromatic amines is 1. The number of hydrogen-bond acceptors (Lipinski definition) is 3. The third-order valence-corrected chi connectivity index (χ3v) is 4.14. The van der Waals surface area contributed by atoms with Crippen molar-refractivity contribution in [3.63, 3.8) is 0 Å². The van der Waals surface area contributed by atoms with E-state index in [0.29, 0.717) is 13.0 Å². The number of H-pyrrole nitrogens is 1. The zero-order valence-corrected chi connectivity index (χ0v) is 13.2. The molecule has 3 rings (SSSR count). The lowest BCUT2D eigenvalue weighted by molar-refractivity contribution is -0.127. The Hall–Kier alpha value is -2.30. The Kier molecular flexibility index (Phi) is 3.88. The van der Waals surface area contributed by atoms with Crippen molar-refractivity contribution < 1.29 is 9.53 Å². The topological polar surface area (TPSA) is 67.0 Å². The van der Waals surface area contributed by atoms with E-state index in [0.717, 1.165) is 29.1 Å². The number of aryl methyl sites for hydroxylation is 3. The zero-order valence-electron chi connectivity index (χ0n) is 13.2. The predicted octanol–water partition coefficient (Wildman–Crippen LogP) is 2.21. The molecular formula is C17H21N3O2. The van der Waals surface area contributed by atoms with Gasteiger partial charge in [-0.05, 0) is 49.1 Å². The van der Waals surface area contributed by atoms with Gasteiger partial charge in [0.05, 0.1) is 17.9 Å². The third kappa shape index (κ3) is 2.84. The number of aromatic nitrogens is 2. The summed E-state index contributed by atoms with van der Waals surface area (Å²) in [4.78, 5) is 12.3. The van der Waals surface area contributed by atoms with Gasteiger partial charge in [0, 0.05) is 6.42 Å². The fourth-order valence-electron chi connectivity index (χ4n) is 2.64. The molecule has 0 unspecified atom stereocenters. The number of carbonyl (C=O) groups is 1. The fourth-order valence-corrected chi connectivity index (χ4v) is 2.64. The normalized spacial score (nSPS) is 16.2. The minimum atomic E-state index is -0.440. The van der Waals surface area contributed by atoms with Crippen molar-refractivity contribution >= 4 is 5.91 Å². The van der Waals surface area contributed by atoms with Crippen LogP contribution in [0.15, 0.2) is 18.2 Å². The summed E-state index contributed by atoms with van der Waals surface area (Å²) in [5, 5.41) is 9.99. The Morgan fingerprint density at radius 3 is 2.86 bits per heavy atom. The van der Waals surface area contributed by atoms with Crippen LogP contribution in [0.2, 0.25) is 0 Å². The lowest BCUT2D eigenvalue weighted by Gasteiger charge is -2.10. The maximum atomic E-state index is 12.3. The first-order chi connectivity index (χ1) is 10.6. The molecule has 2 aromatic rings. The van der Waals surface area contributed by atoms with Crippen molar-refractivity contribution in [2.45, 2.75) is 46.3 Å². The molecule has 1 amide bonds. The smallest absolute Gasteiger partial charge is 0.261 e. The molecule has 0 aliphatic carbocycles. The van der Waals surface area contributed by atoms with Crippen LogP contribution in [0.25, 0.3) is 0 Å². The molecule has 0 saturated carbocycles. The Labute approximate surface area is 130 Å². The van der Waals surface area contributed by atoms with Crippen LogP contribution in [0, 0.1) is 13.8 Å². The molecule has 2 N–H and O–H groups in total. The molecule has 1 aromatic heterocycles. The minimum absolute atomic E-state index is 0.0841. The van der Waals surface area contributed by atoms with Crippen LogP contribution in [0.4, 0.5) is 0 Å². The molecule has 116 valence electrons. The van der Waals surface area contributed by atoms with Crippen LogP contribution in [0.5, 0.6) is 5.75 Å². The van der Waals surface area contributed by atoms with E-state index in [1.807, 2.05) is 19.1 Å². The van der Waals surface area contributed by atoms with Gasteiger partial charge in [-0.1, -0.05) is 13.0 Å². The van der Waals surface area contributed by atoms with E-state index in [1.165, 1.54) is 11.1 Å². The second kappa shape index (κ2) is 5.83. The SMILES string of the molecule is CCc1cc(CNC(=O)[C@@H]2Cc3cc(C)c(C)cc3O2)[nH]n1. The van der Waals surface area contributed by atoms with Crippen molar-refractivity contribution in [2.75, 3.05) is 0 Å². The first kappa shape index (κ1) is 14.6. The molecule has 0 fully saturated rings. The summed E-state index contributed by atoms with van der Waals surface area (Å²) in [6.07, 6.45) is 1.07. The number of nitrogens with one attached hydrogen (secondary N) is 2. The number of hydrogen-bond donors (Lipinski definition) is 2. The van der Waals surface area contributed by atoms with E-state index in [4.69, 9.17) is 4.74 Å². The fraction of sp³-hybridized carbons (Fsp3) is 0.412.